The third kappa shape index (κ3) is 5.33. The predicted molar refractivity (Wildman–Crippen MR) is 90.9 cm³/mol. The molecule has 23 heavy (non-hydrogen) atoms. The van der Waals surface area contributed by atoms with E-state index >= 15 is 0 Å². The first-order valence-corrected chi connectivity index (χ1v) is 7.77. The Morgan fingerprint density at radius 2 is 1.78 bits per heavy atom. The van der Waals surface area contributed by atoms with Crippen molar-refractivity contribution in [2.45, 2.75) is 27.3 Å². The van der Waals surface area contributed by atoms with E-state index in [0.29, 0.717) is 13.2 Å². The number of hydrogen-bond acceptors (Lipinski definition) is 3. The van der Waals surface area contributed by atoms with Crippen LogP contribution in [0.15, 0.2) is 42.5 Å². The number of rotatable bonds is 7. The van der Waals surface area contributed by atoms with Crippen molar-refractivity contribution < 1.29 is 14.3 Å². The molecule has 0 heterocycles. The largest absolute Gasteiger partial charge is 0.494 e. The molecule has 2 rings (SSSR count). The van der Waals surface area contributed by atoms with Crippen LogP contribution in [0.3, 0.4) is 0 Å². The second kappa shape index (κ2) is 8.22. The second-order valence-corrected chi connectivity index (χ2v) is 5.41. The summed E-state index contributed by atoms with van der Waals surface area (Å²) in [5, 5.41) is 2.85. The molecule has 4 nitrogen and oxygen atoms in total. The summed E-state index contributed by atoms with van der Waals surface area (Å²) in [6.45, 7) is 7.08. The van der Waals surface area contributed by atoms with E-state index in [1.165, 1.54) is 5.56 Å². The van der Waals surface area contributed by atoms with Crippen molar-refractivity contribution in [1.82, 2.24) is 5.32 Å². The zero-order chi connectivity index (χ0) is 16.7. The summed E-state index contributed by atoms with van der Waals surface area (Å²) >= 11 is 0. The van der Waals surface area contributed by atoms with Gasteiger partial charge in [0.25, 0.3) is 5.91 Å². The molecule has 0 aliphatic rings. The number of ether oxygens (including phenoxy) is 2. The maximum Gasteiger partial charge on any atom is 0.258 e. The summed E-state index contributed by atoms with van der Waals surface area (Å²) in [6.07, 6.45) is 0. The first-order chi connectivity index (χ1) is 11.1. The van der Waals surface area contributed by atoms with Gasteiger partial charge in [-0.15, -0.1) is 0 Å². The molecule has 0 saturated carbocycles. The van der Waals surface area contributed by atoms with Gasteiger partial charge >= 0.3 is 0 Å². The van der Waals surface area contributed by atoms with Crippen LogP contribution in [0.5, 0.6) is 11.5 Å². The zero-order valence-corrected chi connectivity index (χ0v) is 13.9. The van der Waals surface area contributed by atoms with Gasteiger partial charge in [0.15, 0.2) is 6.61 Å². The molecule has 1 amide bonds. The van der Waals surface area contributed by atoms with Crippen molar-refractivity contribution in [3.8, 4) is 11.5 Å². The van der Waals surface area contributed by atoms with Crippen LogP contribution in [0, 0.1) is 13.8 Å². The van der Waals surface area contributed by atoms with Crippen LogP contribution in [-0.4, -0.2) is 19.1 Å². The molecular formula is C19H23NO3. The smallest absolute Gasteiger partial charge is 0.258 e. The number of aryl methyl sites for hydroxylation is 2. The molecule has 1 N–H and O–H groups in total. The number of nitrogens with one attached hydrogen (secondary N) is 1. The minimum absolute atomic E-state index is 0.0148. The Morgan fingerprint density at radius 3 is 2.43 bits per heavy atom. The van der Waals surface area contributed by atoms with E-state index in [0.717, 1.165) is 22.6 Å². The van der Waals surface area contributed by atoms with Crippen molar-refractivity contribution in [2.75, 3.05) is 13.2 Å². The average Bonchev–Trinajstić information content (AvgIpc) is 2.54. The molecule has 0 aromatic heterocycles. The van der Waals surface area contributed by atoms with Crippen molar-refractivity contribution in [1.29, 1.82) is 0 Å². The van der Waals surface area contributed by atoms with E-state index in [1.54, 1.807) is 0 Å². The summed E-state index contributed by atoms with van der Waals surface area (Å²) in [7, 11) is 0. The third-order valence-corrected chi connectivity index (χ3v) is 3.41. The highest BCUT2D eigenvalue weighted by Crippen LogP contribution is 2.18. The maximum atomic E-state index is 11.9. The standard InChI is InChI=1S/C19H23NO3/c1-4-22-17-8-6-16(7-9-17)12-20-19(21)13-23-18-10-5-14(2)11-15(18)3/h5-11H,4,12-13H2,1-3H3,(H,20,21). The monoisotopic (exact) mass is 313 g/mol. The summed E-state index contributed by atoms with van der Waals surface area (Å²) in [5.41, 5.74) is 3.23. The molecule has 0 unspecified atom stereocenters. The van der Waals surface area contributed by atoms with Crippen molar-refractivity contribution in [3.05, 3.63) is 59.2 Å². The molecular weight excluding hydrogens is 290 g/mol. The Kier molecular flexibility index (Phi) is 6.03. The van der Waals surface area contributed by atoms with Crippen LogP contribution < -0.4 is 14.8 Å². The zero-order valence-electron chi connectivity index (χ0n) is 13.9. The Balaban J connectivity index is 1.78. The molecule has 0 bridgehead atoms. The summed E-state index contributed by atoms with van der Waals surface area (Å²) < 4.78 is 10.9. The molecule has 2 aromatic carbocycles. The number of hydrogen-bond donors (Lipinski definition) is 1. The van der Waals surface area contributed by atoms with Gasteiger partial charge in [0.1, 0.15) is 11.5 Å². The number of benzene rings is 2. The summed E-state index contributed by atoms with van der Waals surface area (Å²) in [5.74, 6) is 1.44. The molecule has 0 atom stereocenters. The third-order valence-electron chi connectivity index (χ3n) is 3.41. The molecule has 4 heteroatoms. The van der Waals surface area contributed by atoms with E-state index < -0.39 is 0 Å². The quantitative estimate of drug-likeness (QED) is 0.852. The van der Waals surface area contributed by atoms with Crippen LogP contribution >= 0.6 is 0 Å². The van der Waals surface area contributed by atoms with Crippen LogP contribution in [0.25, 0.3) is 0 Å². The highest BCUT2D eigenvalue weighted by atomic mass is 16.5. The lowest BCUT2D eigenvalue weighted by molar-refractivity contribution is -0.123. The Hall–Kier alpha value is -2.49. The Morgan fingerprint density at radius 1 is 1.04 bits per heavy atom. The number of amides is 1. The Labute approximate surface area is 137 Å². The first-order valence-electron chi connectivity index (χ1n) is 7.77. The summed E-state index contributed by atoms with van der Waals surface area (Å²) in [4.78, 5) is 11.9. The van der Waals surface area contributed by atoms with Gasteiger partial charge in [-0.1, -0.05) is 29.8 Å². The molecule has 0 aliphatic heterocycles. The first kappa shape index (κ1) is 16.9. The van der Waals surface area contributed by atoms with Crippen molar-refractivity contribution >= 4 is 5.91 Å². The van der Waals surface area contributed by atoms with Gasteiger partial charge in [-0.3, -0.25) is 4.79 Å². The minimum atomic E-state index is -0.140. The molecule has 0 saturated heterocycles. The normalized spacial score (nSPS) is 10.2. The van der Waals surface area contributed by atoms with Crippen LogP contribution in [0.1, 0.15) is 23.6 Å². The maximum absolute atomic E-state index is 11.9. The SMILES string of the molecule is CCOc1ccc(CNC(=O)COc2ccc(C)cc2C)cc1. The van der Waals surface area contributed by atoms with Crippen LogP contribution in [0.2, 0.25) is 0 Å². The van der Waals surface area contributed by atoms with Gasteiger partial charge in [-0.05, 0) is 50.1 Å². The van der Waals surface area contributed by atoms with Crippen molar-refractivity contribution in [3.63, 3.8) is 0 Å². The second-order valence-electron chi connectivity index (χ2n) is 5.41. The molecule has 122 valence electrons. The van der Waals surface area contributed by atoms with E-state index in [2.05, 4.69) is 5.32 Å². The van der Waals surface area contributed by atoms with Gasteiger partial charge in [0.05, 0.1) is 6.61 Å². The van der Waals surface area contributed by atoms with Crippen molar-refractivity contribution in [2.24, 2.45) is 0 Å². The molecule has 0 spiro atoms. The molecule has 0 aliphatic carbocycles. The lowest BCUT2D eigenvalue weighted by Crippen LogP contribution is -2.28. The average molecular weight is 313 g/mol. The number of carbonyl (C=O) groups excluding carboxylic acids is 1. The van der Waals surface area contributed by atoms with Crippen LogP contribution in [0.4, 0.5) is 0 Å². The minimum Gasteiger partial charge on any atom is -0.494 e. The van der Waals surface area contributed by atoms with E-state index in [9.17, 15) is 4.79 Å². The fraction of sp³-hybridized carbons (Fsp3) is 0.316. The topological polar surface area (TPSA) is 47.6 Å². The van der Waals surface area contributed by atoms with Gasteiger partial charge < -0.3 is 14.8 Å². The van der Waals surface area contributed by atoms with Crippen LogP contribution in [-0.2, 0) is 11.3 Å². The highest BCUT2D eigenvalue weighted by Gasteiger charge is 2.05. The van der Waals surface area contributed by atoms with E-state index in [1.807, 2.05) is 63.2 Å². The van der Waals surface area contributed by atoms with Gasteiger partial charge in [-0.25, -0.2) is 0 Å². The highest BCUT2D eigenvalue weighted by molar-refractivity contribution is 5.77. The van der Waals surface area contributed by atoms with Gasteiger partial charge in [-0.2, -0.15) is 0 Å². The number of carbonyl (C=O) groups is 1. The lowest BCUT2D eigenvalue weighted by Gasteiger charge is -2.10. The van der Waals surface area contributed by atoms with E-state index in [-0.39, 0.29) is 12.5 Å². The fourth-order valence-corrected chi connectivity index (χ4v) is 2.23. The van der Waals surface area contributed by atoms with Gasteiger partial charge in [0, 0.05) is 6.54 Å². The summed E-state index contributed by atoms with van der Waals surface area (Å²) in [6, 6.07) is 13.6. The Bertz CT molecular complexity index is 650. The molecule has 0 radical (unpaired) electrons. The van der Waals surface area contributed by atoms with Gasteiger partial charge in [0.2, 0.25) is 0 Å². The molecule has 2 aromatic rings. The molecule has 0 fully saturated rings. The fourth-order valence-electron chi connectivity index (χ4n) is 2.23. The predicted octanol–water partition coefficient (Wildman–Crippen LogP) is 3.40. The lowest BCUT2D eigenvalue weighted by atomic mass is 10.1. The van der Waals surface area contributed by atoms with E-state index in [4.69, 9.17) is 9.47 Å².